The lowest BCUT2D eigenvalue weighted by Crippen LogP contribution is -2.28. The zero-order chi connectivity index (χ0) is 12.4. The van der Waals surface area contributed by atoms with Crippen LogP contribution in [0.3, 0.4) is 0 Å². The second kappa shape index (κ2) is 5.06. The maximum absolute atomic E-state index is 11.7. The molecule has 2 saturated heterocycles. The molecule has 2 aliphatic rings. The van der Waals surface area contributed by atoms with Crippen LogP contribution in [0.5, 0.6) is 0 Å². The van der Waals surface area contributed by atoms with E-state index in [0.29, 0.717) is 12.3 Å². The zero-order valence-electron chi connectivity index (χ0n) is 10.6. The summed E-state index contributed by atoms with van der Waals surface area (Å²) in [5, 5.41) is 3.37. The normalized spacial score (nSPS) is 21.6. The van der Waals surface area contributed by atoms with Gasteiger partial charge in [0.15, 0.2) is 0 Å². The third kappa shape index (κ3) is 2.25. The number of piperidine rings is 1. The number of pyridine rings is 1. The summed E-state index contributed by atoms with van der Waals surface area (Å²) in [5.41, 5.74) is 1.15. The molecule has 96 valence electrons. The Morgan fingerprint density at radius 1 is 1.28 bits per heavy atom. The van der Waals surface area contributed by atoms with E-state index >= 15 is 0 Å². The van der Waals surface area contributed by atoms with Crippen LogP contribution >= 0.6 is 0 Å². The molecule has 0 aliphatic carbocycles. The lowest BCUT2D eigenvalue weighted by molar-refractivity contribution is -0.117. The summed E-state index contributed by atoms with van der Waals surface area (Å²) >= 11 is 0. The van der Waals surface area contributed by atoms with E-state index in [9.17, 15) is 4.79 Å². The van der Waals surface area contributed by atoms with E-state index < -0.39 is 0 Å². The molecule has 4 nitrogen and oxygen atoms in total. The van der Waals surface area contributed by atoms with Gasteiger partial charge in [0.25, 0.3) is 0 Å². The summed E-state index contributed by atoms with van der Waals surface area (Å²) in [6.07, 6.45) is 3.91. The molecule has 0 bridgehead atoms. The number of aromatic nitrogens is 1. The van der Waals surface area contributed by atoms with Crippen molar-refractivity contribution in [2.24, 2.45) is 0 Å². The van der Waals surface area contributed by atoms with Gasteiger partial charge in [0.1, 0.15) is 5.82 Å². The highest BCUT2D eigenvalue weighted by Crippen LogP contribution is 2.26. The van der Waals surface area contributed by atoms with Gasteiger partial charge in [-0.25, -0.2) is 4.98 Å². The number of hydrogen-bond acceptors (Lipinski definition) is 3. The van der Waals surface area contributed by atoms with E-state index in [1.165, 1.54) is 0 Å². The Kier molecular flexibility index (Phi) is 3.28. The molecule has 3 rings (SSSR count). The minimum Gasteiger partial charge on any atom is -0.317 e. The molecule has 18 heavy (non-hydrogen) atoms. The number of nitrogens with one attached hydrogen (secondary N) is 1. The lowest BCUT2D eigenvalue weighted by Gasteiger charge is -2.23. The highest BCUT2D eigenvalue weighted by atomic mass is 16.2. The van der Waals surface area contributed by atoms with Gasteiger partial charge in [-0.1, -0.05) is 6.07 Å². The minimum absolute atomic E-state index is 0.213. The van der Waals surface area contributed by atoms with Gasteiger partial charge < -0.3 is 5.32 Å². The molecule has 3 heterocycles. The molecule has 2 fully saturated rings. The number of rotatable bonds is 2. The Morgan fingerprint density at radius 2 is 2.11 bits per heavy atom. The molecule has 0 unspecified atom stereocenters. The molecule has 1 amide bonds. The monoisotopic (exact) mass is 245 g/mol. The van der Waals surface area contributed by atoms with Gasteiger partial charge in [0.05, 0.1) is 0 Å². The van der Waals surface area contributed by atoms with Crippen LogP contribution in [0.1, 0.15) is 37.3 Å². The first-order valence-electron chi connectivity index (χ1n) is 6.82. The maximum Gasteiger partial charge on any atom is 0.228 e. The van der Waals surface area contributed by atoms with E-state index in [4.69, 9.17) is 4.98 Å². The summed E-state index contributed by atoms with van der Waals surface area (Å²) in [5.74, 6) is 1.60. The molecule has 0 atom stereocenters. The lowest BCUT2D eigenvalue weighted by atomic mass is 9.94. The van der Waals surface area contributed by atoms with Crippen LogP contribution in [-0.2, 0) is 4.79 Å². The molecule has 0 aromatic carbocycles. The van der Waals surface area contributed by atoms with Crippen molar-refractivity contribution < 1.29 is 4.79 Å². The molecule has 1 aromatic rings. The van der Waals surface area contributed by atoms with Crippen LogP contribution in [0.25, 0.3) is 0 Å². The van der Waals surface area contributed by atoms with Gasteiger partial charge in [0.2, 0.25) is 5.91 Å². The highest BCUT2D eigenvalue weighted by molar-refractivity contribution is 5.94. The number of carbonyl (C=O) groups excluding carboxylic acids is 1. The summed E-state index contributed by atoms with van der Waals surface area (Å²) in [6.45, 7) is 2.96. The third-order valence-electron chi connectivity index (χ3n) is 3.86. The van der Waals surface area contributed by atoms with Crippen molar-refractivity contribution in [3.05, 3.63) is 23.9 Å². The van der Waals surface area contributed by atoms with Crippen molar-refractivity contribution in [2.45, 2.75) is 31.6 Å². The van der Waals surface area contributed by atoms with Gasteiger partial charge >= 0.3 is 0 Å². The predicted molar refractivity (Wildman–Crippen MR) is 70.7 cm³/mol. The SMILES string of the molecule is O=C1CCCN1c1cccc(C2CCNCC2)n1. The van der Waals surface area contributed by atoms with E-state index in [1.807, 2.05) is 17.0 Å². The van der Waals surface area contributed by atoms with E-state index in [-0.39, 0.29) is 5.91 Å². The first-order valence-corrected chi connectivity index (χ1v) is 6.82. The molecule has 0 spiro atoms. The first-order chi connectivity index (χ1) is 8.84. The molecule has 2 aliphatic heterocycles. The second-order valence-electron chi connectivity index (χ2n) is 5.09. The zero-order valence-corrected chi connectivity index (χ0v) is 10.6. The van der Waals surface area contributed by atoms with Crippen LogP contribution in [0.15, 0.2) is 18.2 Å². The van der Waals surface area contributed by atoms with Crippen LogP contribution < -0.4 is 10.2 Å². The van der Waals surface area contributed by atoms with E-state index in [2.05, 4.69) is 11.4 Å². The summed E-state index contributed by atoms with van der Waals surface area (Å²) in [4.78, 5) is 18.3. The first kappa shape index (κ1) is 11.7. The van der Waals surface area contributed by atoms with Crippen molar-refractivity contribution in [1.29, 1.82) is 0 Å². The Bertz CT molecular complexity index is 440. The Hall–Kier alpha value is -1.42. The number of carbonyl (C=O) groups is 1. The smallest absolute Gasteiger partial charge is 0.228 e. The van der Waals surface area contributed by atoms with Gasteiger partial charge in [-0.3, -0.25) is 9.69 Å². The fourth-order valence-electron chi connectivity index (χ4n) is 2.83. The number of nitrogens with zero attached hydrogens (tertiary/aromatic N) is 2. The quantitative estimate of drug-likeness (QED) is 0.862. The molecule has 1 N–H and O–H groups in total. The molecular weight excluding hydrogens is 226 g/mol. The Morgan fingerprint density at radius 3 is 2.83 bits per heavy atom. The van der Waals surface area contributed by atoms with Crippen molar-refractivity contribution in [3.8, 4) is 0 Å². The Labute approximate surface area is 107 Å². The van der Waals surface area contributed by atoms with Crippen molar-refractivity contribution >= 4 is 11.7 Å². The highest BCUT2D eigenvalue weighted by Gasteiger charge is 2.24. The van der Waals surface area contributed by atoms with Crippen LogP contribution in [0, 0.1) is 0 Å². The van der Waals surface area contributed by atoms with Crippen LogP contribution in [0.4, 0.5) is 5.82 Å². The summed E-state index contributed by atoms with van der Waals surface area (Å²) in [7, 11) is 0. The second-order valence-corrected chi connectivity index (χ2v) is 5.09. The van der Waals surface area contributed by atoms with Gasteiger partial charge in [-0.2, -0.15) is 0 Å². The van der Waals surface area contributed by atoms with E-state index in [0.717, 1.165) is 50.4 Å². The molecular formula is C14H19N3O. The van der Waals surface area contributed by atoms with Crippen LogP contribution in [0.2, 0.25) is 0 Å². The fraction of sp³-hybridized carbons (Fsp3) is 0.571. The largest absolute Gasteiger partial charge is 0.317 e. The Balaban J connectivity index is 1.82. The van der Waals surface area contributed by atoms with E-state index in [1.54, 1.807) is 0 Å². The summed E-state index contributed by atoms with van der Waals surface area (Å²) < 4.78 is 0. The third-order valence-corrected chi connectivity index (χ3v) is 3.86. The van der Waals surface area contributed by atoms with Crippen molar-refractivity contribution in [2.75, 3.05) is 24.5 Å². The minimum atomic E-state index is 0.213. The van der Waals surface area contributed by atoms with Gasteiger partial charge in [-0.05, 0) is 44.5 Å². The summed E-state index contributed by atoms with van der Waals surface area (Å²) in [6, 6.07) is 6.08. The van der Waals surface area contributed by atoms with Crippen LogP contribution in [-0.4, -0.2) is 30.5 Å². The average molecular weight is 245 g/mol. The standard InChI is InChI=1S/C14H19N3O/c18-14-5-2-10-17(14)13-4-1-3-12(16-13)11-6-8-15-9-7-11/h1,3-4,11,15H,2,5-10H2. The number of anilines is 1. The molecule has 4 heteroatoms. The molecule has 0 saturated carbocycles. The average Bonchev–Trinajstić information content (AvgIpc) is 2.86. The molecule has 1 aromatic heterocycles. The fourth-order valence-corrected chi connectivity index (χ4v) is 2.83. The number of amides is 1. The van der Waals surface area contributed by atoms with Gasteiger partial charge in [0, 0.05) is 24.6 Å². The molecule has 0 radical (unpaired) electrons. The van der Waals surface area contributed by atoms with Crippen molar-refractivity contribution in [3.63, 3.8) is 0 Å². The predicted octanol–water partition coefficient (Wildman–Crippen LogP) is 1.68. The number of hydrogen-bond donors (Lipinski definition) is 1. The van der Waals surface area contributed by atoms with Gasteiger partial charge in [-0.15, -0.1) is 0 Å². The topological polar surface area (TPSA) is 45.2 Å². The van der Waals surface area contributed by atoms with Crippen molar-refractivity contribution in [1.82, 2.24) is 10.3 Å². The maximum atomic E-state index is 11.7.